The first-order chi connectivity index (χ1) is 8.02. The van der Waals surface area contributed by atoms with Gasteiger partial charge in [-0.2, -0.15) is 0 Å². The third-order valence-electron chi connectivity index (χ3n) is 4.24. The summed E-state index contributed by atoms with van der Waals surface area (Å²) in [4.78, 5) is 2.36. The van der Waals surface area contributed by atoms with Crippen LogP contribution in [0.5, 0.6) is 0 Å². The molecule has 0 heterocycles. The van der Waals surface area contributed by atoms with Crippen LogP contribution in [0.4, 0.5) is 0 Å². The maximum Gasteiger partial charge on any atom is 0.0325 e. The van der Waals surface area contributed by atoms with Crippen molar-refractivity contribution in [3.05, 3.63) is 12.7 Å². The molecular formula is C15H32N2. The van der Waals surface area contributed by atoms with Gasteiger partial charge in [-0.05, 0) is 53.8 Å². The molecule has 0 rings (SSSR count). The van der Waals surface area contributed by atoms with Crippen molar-refractivity contribution in [1.29, 1.82) is 0 Å². The molecule has 0 fully saturated rings. The number of unbranched alkanes of at least 4 members (excludes halogenated alkanes) is 3. The van der Waals surface area contributed by atoms with Crippen LogP contribution in [0.15, 0.2) is 12.7 Å². The number of hydrogen-bond donors (Lipinski definition) is 1. The molecule has 2 nitrogen and oxygen atoms in total. The van der Waals surface area contributed by atoms with Crippen LogP contribution in [-0.2, 0) is 0 Å². The summed E-state index contributed by atoms with van der Waals surface area (Å²) in [5, 5.41) is 3.50. The summed E-state index contributed by atoms with van der Waals surface area (Å²) in [5.41, 5.74) is 0.257. The molecule has 0 radical (unpaired) electrons. The Kier molecular flexibility index (Phi) is 8.53. The van der Waals surface area contributed by atoms with E-state index < -0.39 is 0 Å². The Labute approximate surface area is 108 Å². The normalized spacial score (nSPS) is 16.8. The smallest absolute Gasteiger partial charge is 0.0325 e. The number of allylic oxidation sites excluding steroid dienone is 1. The Morgan fingerprint density at radius 3 is 2.35 bits per heavy atom. The second-order valence-corrected chi connectivity index (χ2v) is 5.37. The summed E-state index contributed by atoms with van der Waals surface area (Å²) in [5.74, 6) is 0. The first-order valence-electron chi connectivity index (χ1n) is 6.98. The minimum absolute atomic E-state index is 0.257. The lowest BCUT2D eigenvalue weighted by Gasteiger charge is -2.42. The molecular weight excluding hydrogens is 208 g/mol. The van der Waals surface area contributed by atoms with Gasteiger partial charge in [-0.3, -0.25) is 0 Å². The number of rotatable bonds is 10. The molecule has 0 aromatic heterocycles. The molecule has 0 aromatic rings. The van der Waals surface area contributed by atoms with E-state index in [0.29, 0.717) is 6.04 Å². The summed E-state index contributed by atoms with van der Waals surface area (Å²) in [6, 6.07) is 0.575. The van der Waals surface area contributed by atoms with Gasteiger partial charge >= 0.3 is 0 Å². The molecule has 0 amide bonds. The van der Waals surface area contributed by atoms with Gasteiger partial charge < -0.3 is 10.2 Å². The lowest BCUT2D eigenvalue weighted by atomic mass is 9.85. The third-order valence-corrected chi connectivity index (χ3v) is 4.24. The Morgan fingerprint density at radius 2 is 1.94 bits per heavy atom. The fourth-order valence-corrected chi connectivity index (χ4v) is 2.45. The largest absolute Gasteiger partial charge is 0.315 e. The van der Waals surface area contributed by atoms with Gasteiger partial charge in [0.05, 0.1) is 0 Å². The van der Waals surface area contributed by atoms with Crippen molar-refractivity contribution in [3.63, 3.8) is 0 Å². The van der Waals surface area contributed by atoms with Crippen molar-refractivity contribution in [2.75, 3.05) is 21.1 Å². The number of nitrogens with one attached hydrogen (secondary N) is 1. The predicted octanol–water partition coefficient (Wildman–Crippen LogP) is 3.44. The van der Waals surface area contributed by atoms with Crippen molar-refractivity contribution in [2.24, 2.45) is 0 Å². The Hall–Kier alpha value is -0.340. The molecule has 2 atom stereocenters. The van der Waals surface area contributed by atoms with E-state index in [1.807, 2.05) is 6.08 Å². The zero-order valence-corrected chi connectivity index (χ0v) is 12.6. The predicted molar refractivity (Wildman–Crippen MR) is 78.5 cm³/mol. The van der Waals surface area contributed by atoms with Crippen LogP contribution < -0.4 is 5.32 Å². The molecule has 0 saturated heterocycles. The van der Waals surface area contributed by atoms with Crippen LogP contribution in [0.2, 0.25) is 0 Å². The van der Waals surface area contributed by atoms with E-state index in [4.69, 9.17) is 0 Å². The third kappa shape index (κ3) is 5.22. The topological polar surface area (TPSA) is 15.3 Å². The monoisotopic (exact) mass is 240 g/mol. The Morgan fingerprint density at radius 1 is 1.29 bits per heavy atom. The summed E-state index contributed by atoms with van der Waals surface area (Å²) < 4.78 is 0. The quantitative estimate of drug-likeness (QED) is 0.465. The standard InChI is InChI=1S/C15H32N2/c1-7-9-10-11-12-13-14(16-4)15(3,8-2)17(5)6/h7,14,16H,1,8-13H2,2-6H3. The summed E-state index contributed by atoms with van der Waals surface area (Å²) in [6.07, 6.45) is 9.52. The maximum atomic E-state index is 3.77. The molecule has 1 N–H and O–H groups in total. The second-order valence-electron chi connectivity index (χ2n) is 5.37. The zero-order valence-electron chi connectivity index (χ0n) is 12.6. The van der Waals surface area contributed by atoms with Crippen molar-refractivity contribution < 1.29 is 0 Å². The molecule has 0 aliphatic heterocycles. The van der Waals surface area contributed by atoms with E-state index >= 15 is 0 Å². The molecule has 0 saturated carbocycles. The minimum Gasteiger partial charge on any atom is -0.315 e. The highest BCUT2D eigenvalue weighted by Gasteiger charge is 2.32. The molecule has 0 aromatic carbocycles. The van der Waals surface area contributed by atoms with Gasteiger partial charge in [-0.25, -0.2) is 0 Å². The van der Waals surface area contributed by atoms with Gasteiger partial charge in [-0.15, -0.1) is 6.58 Å². The average molecular weight is 240 g/mol. The zero-order chi connectivity index (χ0) is 13.3. The van der Waals surface area contributed by atoms with E-state index in [0.717, 1.165) is 6.42 Å². The van der Waals surface area contributed by atoms with Gasteiger partial charge in [0.25, 0.3) is 0 Å². The van der Waals surface area contributed by atoms with E-state index in [1.165, 1.54) is 32.1 Å². The summed E-state index contributed by atoms with van der Waals surface area (Å²) >= 11 is 0. The highest BCUT2D eigenvalue weighted by atomic mass is 15.2. The van der Waals surface area contributed by atoms with Crippen molar-refractivity contribution >= 4 is 0 Å². The van der Waals surface area contributed by atoms with Crippen molar-refractivity contribution in [2.45, 2.75) is 64.0 Å². The SMILES string of the molecule is C=CCCCCCC(NC)C(C)(CC)N(C)C. The van der Waals surface area contributed by atoms with E-state index in [2.05, 4.69) is 51.8 Å². The van der Waals surface area contributed by atoms with Crippen LogP contribution in [0.3, 0.4) is 0 Å². The molecule has 0 bridgehead atoms. The maximum absolute atomic E-state index is 3.77. The fourth-order valence-electron chi connectivity index (χ4n) is 2.45. The van der Waals surface area contributed by atoms with E-state index in [1.54, 1.807) is 0 Å². The van der Waals surface area contributed by atoms with Crippen molar-refractivity contribution in [1.82, 2.24) is 10.2 Å². The minimum atomic E-state index is 0.257. The molecule has 102 valence electrons. The first kappa shape index (κ1) is 16.7. The summed E-state index contributed by atoms with van der Waals surface area (Å²) in [6.45, 7) is 8.41. The number of likely N-dealkylation sites (N-methyl/N-ethyl adjacent to an activating group) is 2. The Balaban J connectivity index is 4.16. The number of hydrogen-bond acceptors (Lipinski definition) is 2. The highest BCUT2D eigenvalue weighted by Crippen LogP contribution is 2.24. The number of nitrogens with zero attached hydrogens (tertiary/aromatic N) is 1. The molecule has 0 aliphatic rings. The van der Waals surface area contributed by atoms with Gasteiger partial charge in [0.15, 0.2) is 0 Å². The fraction of sp³-hybridized carbons (Fsp3) is 0.867. The molecule has 2 heteroatoms. The van der Waals surface area contributed by atoms with E-state index in [-0.39, 0.29) is 5.54 Å². The van der Waals surface area contributed by atoms with Crippen LogP contribution in [0.25, 0.3) is 0 Å². The summed E-state index contributed by atoms with van der Waals surface area (Å²) in [7, 11) is 6.46. The van der Waals surface area contributed by atoms with Crippen molar-refractivity contribution in [3.8, 4) is 0 Å². The first-order valence-corrected chi connectivity index (χ1v) is 6.98. The van der Waals surface area contributed by atoms with Gasteiger partial charge in [0.1, 0.15) is 0 Å². The molecule has 0 spiro atoms. The molecule has 0 aliphatic carbocycles. The van der Waals surface area contributed by atoms with Crippen LogP contribution >= 0.6 is 0 Å². The van der Waals surface area contributed by atoms with Crippen LogP contribution in [0, 0.1) is 0 Å². The van der Waals surface area contributed by atoms with Gasteiger partial charge in [0.2, 0.25) is 0 Å². The Bertz CT molecular complexity index is 201. The molecule has 2 unspecified atom stereocenters. The second kappa shape index (κ2) is 8.71. The van der Waals surface area contributed by atoms with Crippen LogP contribution in [0.1, 0.15) is 52.4 Å². The van der Waals surface area contributed by atoms with E-state index in [9.17, 15) is 0 Å². The average Bonchev–Trinajstić information content (AvgIpc) is 2.32. The van der Waals surface area contributed by atoms with Gasteiger partial charge in [-0.1, -0.05) is 25.8 Å². The molecule has 17 heavy (non-hydrogen) atoms. The lowest BCUT2D eigenvalue weighted by molar-refractivity contribution is 0.110. The van der Waals surface area contributed by atoms with Gasteiger partial charge in [0, 0.05) is 11.6 Å². The van der Waals surface area contributed by atoms with Crippen LogP contribution in [-0.4, -0.2) is 37.6 Å². The highest BCUT2D eigenvalue weighted by molar-refractivity contribution is 4.93. The lowest BCUT2D eigenvalue weighted by Crippen LogP contribution is -2.55.